The molecule has 148 valence electrons. The Morgan fingerprint density at radius 3 is 2.61 bits per heavy atom. The van der Waals surface area contributed by atoms with Gasteiger partial charge in [-0.15, -0.1) is 11.8 Å². The molecule has 0 N–H and O–H groups in total. The maximum Gasteiger partial charge on any atom is 0.161 e. The molecule has 0 aromatic heterocycles. The predicted octanol–water partition coefficient (Wildman–Crippen LogP) is 5.51. The van der Waals surface area contributed by atoms with Gasteiger partial charge in [-0.3, -0.25) is 4.79 Å². The summed E-state index contributed by atoms with van der Waals surface area (Å²) in [5.74, 6) is 1.18. The van der Waals surface area contributed by atoms with Crippen molar-refractivity contribution in [2.45, 2.75) is 52.4 Å². The molecule has 0 saturated heterocycles. The monoisotopic (exact) mass is 396 g/mol. The Kier molecular flexibility index (Phi) is 6.30. The van der Waals surface area contributed by atoms with E-state index in [0.717, 1.165) is 52.6 Å². The van der Waals surface area contributed by atoms with Crippen molar-refractivity contribution in [3.05, 3.63) is 41.1 Å². The molecule has 1 aromatic rings. The average Bonchev–Trinajstić information content (AvgIpc) is 2.66. The molecule has 4 nitrogen and oxygen atoms in total. The number of hydrogen-bond acceptors (Lipinski definition) is 5. The van der Waals surface area contributed by atoms with Gasteiger partial charge in [0, 0.05) is 23.6 Å². The molecular weight excluding hydrogens is 368 g/mol. The van der Waals surface area contributed by atoms with E-state index >= 15 is 0 Å². The number of unbranched alkanes of at least 4 members (excludes halogenated alkanes) is 1. The summed E-state index contributed by atoms with van der Waals surface area (Å²) in [4.78, 5) is 18.0. The van der Waals surface area contributed by atoms with E-state index in [1.165, 1.54) is 0 Å². The van der Waals surface area contributed by atoms with Crippen LogP contribution in [0.1, 0.15) is 57.9 Å². The Morgan fingerprint density at radius 1 is 1.29 bits per heavy atom. The van der Waals surface area contributed by atoms with E-state index in [4.69, 9.17) is 9.73 Å². The fourth-order valence-electron chi connectivity index (χ4n) is 4.01. The molecule has 1 aromatic carbocycles. The summed E-state index contributed by atoms with van der Waals surface area (Å²) in [7, 11) is 1.64. The topological polar surface area (TPSA) is 62.4 Å². The number of rotatable bonds is 5. The van der Waals surface area contributed by atoms with Crippen LogP contribution in [0.25, 0.3) is 0 Å². The Hall–Kier alpha value is -2.06. The molecule has 0 spiro atoms. The zero-order chi connectivity index (χ0) is 20.3. The second-order valence-electron chi connectivity index (χ2n) is 8.31. The van der Waals surface area contributed by atoms with Crippen LogP contribution in [-0.2, 0) is 4.79 Å². The summed E-state index contributed by atoms with van der Waals surface area (Å²) in [6, 6.07) is 10.2. The van der Waals surface area contributed by atoms with Crippen molar-refractivity contribution in [2.75, 3.05) is 12.9 Å². The number of nitriles is 1. The number of hydrogen-bond donors (Lipinski definition) is 0. The number of ketones is 1. The molecule has 1 heterocycles. The molecule has 3 rings (SSSR count). The van der Waals surface area contributed by atoms with E-state index in [9.17, 15) is 10.1 Å². The van der Waals surface area contributed by atoms with Crippen LogP contribution < -0.4 is 4.74 Å². The molecule has 0 bridgehead atoms. The molecule has 2 atom stereocenters. The number of methoxy groups -OCH3 is 1. The number of Topliss-reactive ketones (excluding diaryl/α,β-unsaturated/α-hetero) is 1. The summed E-state index contributed by atoms with van der Waals surface area (Å²) < 4.78 is 5.28. The second kappa shape index (κ2) is 8.53. The van der Waals surface area contributed by atoms with Gasteiger partial charge in [0.15, 0.2) is 5.78 Å². The minimum atomic E-state index is -0.417. The molecule has 0 fully saturated rings. The Morgan fingerprint density at radius 2 is 2.00 bits per heavy atom. The Balaban J connectivity index is 2.08. The summed E-state index contributed by atoms with van der Waals surface area (Å²) in [6.07, 6.45) is 3.48. The van der Waals surface area contributed by atoms with Crippen molar-refractivity contribution in [3.8, 4) is 11.8 Å². The van der Waals surface area contributed by atoms with Gasteiger partial charge in [0.25, 0.3) is 0 Å². The normalized spacial score (nSPS) is 23.7. The van der Waals surface area contributed by atoms with E-state index in [1.54, 1.807) is 18.9 Å². The van der Waals surface area contributed by atoms with E-state index < -0.39 is 5.92 Å². The van der Waals surface area contributed by atoms with Crippen molar-refractivity contribution >= 4 is 22.6 Å². The third-order valence-corrected chi connectivity index (χ3v) is 6.55. The molecule has 0 amide bonds. The van der Waals surface area contributed by atoms with E-state index in [2.05, 4.69) is 26.8 Å². The standard InChI is InChI=1S/C23H28N2O2S/c1-5-6-11-28-22-17(14-24)20(15-7-9-16(27-4)10-8-15)21-18(25-22)12-23(2,3)13-19(21)26/h7-10,17,20H,5-6,11-13H2,1-4H3/t17?,20-/m1/s1. The molecule has 2 aliphatic rings. The van der Waals surface area contributed by atoms with Crippen molar-refractivity contribution in [1.29, 1.82) is 5.26 Å². The molecule has 1 unspecified atom stereocenters. The highest BCUT2D eigenvalue weighted by molar-refractivity contribution is 8.14. The smallest absolute Gasteiger partial charge is 0.161 e. The maximum absolute atomic E-state index is 13.1. The summed E-state index contributed by atoms with van der Waals surface area (Å²) in [6.45, 7) is 6.40. The van der Waals surface area contributed by atoms with Gasteiger partial charge in [-0.1, -0.05) is 39.3 Å². The van der Waals surface area contributed by atoms with Crippen molar-refractivity contribution < 1.29 is 9.53 Å². The van der Waals surface area contributed by atoms with Crippen molar-refractivity contribution in [2.24, 2.45) is 16.3 Å². The van der Waals surface area contributed by atoms with Crippen LogP contribution in [-0.4, -0.2) is 23.7 Å². The van der Waals surface area contributed by atoms with Crippen molar-refractivity contribution in [1.82, 2.24) is 0 Å². The molecule has 1 aliphatic carbocycles. The number of aliphatic imine (C=N–C) groups is 1. The van der Waals surface area contributed by atoms with Gasteiger partial charge in [-0.2, -0.15) is 5.26 Å². The van der Waals surface area contributed by atoms with Crippen LogP contribution in [0.2, 0.25) is 0 Å². The molecule has 5 heteroatoms. The number of ether oxygens (including phenoxy) is 1. The highest BCUT2D eigenvalue weighted by Crippen LogP contribution is 2.48. The number of nitrogens with zero attached hydrogens (tertiary/aromatic N) is 2. The third-order valence-electron chi connectivity index (χ3n) is 5.41. The summed E-state index contributed by atoms with van der Waals surface area (Å²) in [5, 5.41) is 10.9. The highest BCUT2D eigenvalue weighted by atomic mass is 32.2. The van der Waals surface area contributed by atoms with Gasteiger partial charge < -0.3 is 4.74 Å². The fraction of sp³-hybridized carbons (Fsp3) is 0.522. The number of benzene rings is 1. The quantitative estimate of drug-likeness (QED) is 0.616. The number of carbonyl (C=O) groups is 1. The average molecular weight is 397 g/mol. The first-order chi connectivity index (χ1) is 13.4. The third kappa shape index (κ3) is 4.17. The number of carbonyl (C=O) groups excluding carboxylic acids is 1. The van der Waals surface area contributed by atoms with E-state index in [1.807, 2.05) is 24.3 Å². The van der Waals surface area contributed by atoms with Gasteiger partial charge in [0.05, 0.1) is 18.2 Å². The summed E-state index contributed by atoms with van der Waals surface area (Å²) in [5.41, 5.74) is 2.52. The van der Waals surface area contributed by atoms with Crippen molar-refractivity contribution in [3.63, 3.8) is 0 Å². The lowest BCUT2D eigenvalue weighted by molar-refractivity contribution is -0.118. The zero-order valence-electron chi connectivity index (χ0n) is 17.1. The van der Waals surface area contributed by atoms with Crippen LogP contribution in [0.15, 0.2) is 40.5 Å². The lowest BCUT2D eigenvalue weighted by atomic mass is 9.68. The minimum Gasteiger partial charge on any atom is -0.497 e. The first kappa shape index (κ1) is 20.7. The van der Waals surface area contributed by atoms with Gasteiger partial charge in [0.1, 0.15) is 11.7 Å². The first-order valence-electron chi connectivity index (χ1n) is 9.91. The predicted molar refractivity (Wildman–Crippen MR) is 115 cm³/mol. The number of allylic oxidation sites excluding steroid dienone is 2. The van der Waals surface area contributed by atoms with Crippen LogP contribution in [0.5, 0.6) is 5.75 Å². The maximum atomic E-state index is 13.1. The lowest BCUT2D eigenvalue weighted by Gasteiger charge is -2.38. The number of thioether (sulfide) groups is 1. The van der Waals surface area contributed by atoms with Gasteiger partial charge in [-0.25, -0.2) is 4.99 Å². The SMILES string of the molecule is CCCCSC1=NC2=C(C(=O)CC(C)(C)C2)[C@H](c2ccc(OC)cc2)C1C#N. The van der Waals surface area contributed by atoms with Gasteiger partial charge in [0.2, 0.25) is 0 Å². The Labute approximate surface area is 172 Å². The van der Waals surface area contributed by atoms with Crippen LogP contribution in [0, 0.1) is 22.7 Å². The second-order valence-corrected chi connectivity index (χ2v) is 9.43. The largest absolute Gasteiger partial charge is 0.497 e. The highest BCUT2D eigenvalue weighted by Gasteiger charge is 2.44. The minimum absolute atomic E-state index is 0.0947. The van der Waals surface area contributed by atoms with Crippen LogP contribution in [0.3, 0.4) is 0 Å². The first-order valence-corrected chi connectivity index (χ1v) is 10.9. The molecule has 1 aliphatic heterocycles. The van der Waals surface area contributed by atoms with Gasteiger partial charge >= 0.3 is 0 Å². The van der Waals surface area contributed by atoms with E-state index in [-0.39, 0.29) is 17.1 Å². The zero-order valence-corrected chi connectivity index (χ0v) is 17.9. The fourth-order valence-corrected chi connectivity index (χ4v) is 5.19. The van der Waals surface area contributed by atoms with Crippen LogP contribution >= 0.6 is 11.8 Å². The molecule has 0 radical (unpaired) electrons. The molecule has 28 heavy (non-hydrogen) atoms. The molecule has 0 saturated carbocycles. The van der Waals surface area contributed by atoms with E-state index in [0.29, 0.717) is 6.42 Å². The van der Waals surface area contributed by atoms with Gasteiger partial charge in [-0.05, 0) is 41.7 Å². The lowest BCUT2D eigenvalue weighted by Crippen LogP contribution is -2.35. The van der Waals surface area contributed by atoms with Crippen LogP contribution in [0.4, 0.5) is 0 Å². The Bertz CT molecular complexity index is 846. The molecular formula is C23H28N2O2S. The summed E-state index contributed by atoms with van der Waals surface area (Å²) >= 11 is 1.68.